The van der Waals surface area contributed by atoms with Crippen LogP contribution in [0.5, 0.6) is 0 Å². The zero-order valence-electron chi connectivity index (χ0n) is 11.8. The maximum atomic E-state index is 13.4. The summed E-state index contributed by atoms with van der Waals surface area (Å²) in [5.41, 5.74) is 0. The van der Waals surface area contributed by atoms with Crippen LogP contribution in [0, 0.1) is 5.92 Å². The minimum Gasteiger partial charge on any atom is -0.466 e. The van der Waals surface area contributed by atoms with Gasteiger partial charge in [-0.05, 0) is 45.7 Å². The molecule has 0 aromatic heterocycles. The number of likely N-dealkylation sites (tertiary alicyclic amines) is 2. The zero-order valence-corrected chi connectivity index (χ0v) is 11.8. The molecular weight excluding hydrogens is 247 g/mol. The molecule has 2 saturated heterocycles. The van der Waals surface area contributed by atoms with Gasteiger partial charge < -0.3 is 9.64 Å². The minimum atomic E-state index is -0.739. The van der Waals surface area contributed by atoms with Crippen LogP contribution < -0.4 is 0 Å². The second-order valence-electron chi connectivity index (χ2n) is 5.48. The zero-order chi connectivity index (χ0) is 13.7. The van der Waals surface area contributed by atoms with Gasteiger partial charge in [0.1, 0.15) is 0 Å². The molecule has 0 unspecified atom stereocenters. The molecule has 0 aromatic rings. The first-order chi connectivity index (χ1) is 9.20. The van der Waals surface area contributed by atoms with Crippen molar-refractivity contribution in [3.8, 4) is 0 Å². The summed E-state index contributed by atoms with van der Waals surface area (Å²) < 4.78 is 18.5. The molecule has 110 valence electrons. The average Bonchev–Trinajstić information content (AvgIpc) is 2.83. The van der Waals surface area contributed by atoms with Crippen LogP contribution in [0.3, 0.4) is 0 Å². The van der Waals surface area contributed by atoms with Crippen molar-refractivity contribution < 1.29 is 13.9 Å². The van der Waals surface area contributed by atoms with E-state index < -0.39 is 6.30 Å². The number of alkyl halides is 1. The monoisotopic (exact) mass is 272 g/mol. The van der Waals surface area contributed by atoms with Gasteiger partial charge in [-0.1, -0.05) is 0 Å². The predicted molar refractivity (Wildman–Crippen MR) is 71.5 cm³/mol. The van der Waals surface area contributed by atoms with Crippen LogP contribution in [-0.2, 0) is 9.53 Å². The average molecular weight is 272 g/mol. The van der Waals surface area contributed by atoms with Gasteiger partial charge in [-0.25, -0.2) is 4.39 Å². The summed E-state index contributed by atoms with van der Waals surface area (Å²) in [6.07, 6.45) is 2.67. The number of halogens is 1. The van der Waals surface area contributed by atoms with E-state index in [2.05, 4.69) is 4.90 Å². The lowest BCUT2D eigenvalue weighted by Crippen LogP contribution is -2.41. The SMILES string of the molecule is CCOC(=O)C1CCN(CCN2CCC[C@H]2F)CC1. The first kappa shape index (κ1) is 14.7. The molecule has 2 heterocycles. The molecule has 2 rings (SSSR count). The summed E-state index contributed by atoms with van der Waals surface area (Å²) in [6.45, 7) is 6.77. The first-order valence-corrected chi connectivity index (χ1v) is 7.48. The Bertz CT molecular complexity index is 293. The highest BCUT2D eigenvalue weighted by Gasteiger charge is 2.27. The van der Waals surface area contributed by atoms with Crippen LogP contribution in [0.2, 0.25) is 0 Å². The molecule has 0 bridgehead atoms. The van der Waals surface area contributed by atoms with Crippen molar-refractivity contribution in [3.63, 3.8) is 0 Å². The lowest BCUT2D eigenvalue weighted by atomic mass is 9.97. The number of nitrogens with zero attached hydrogens (tertiary/aromatic N) is 2. The molecule has 4 nitrogen and oxygen atoms in total. The maximum Gasteiger partial charge on any atom is 0.309 e. The van der Waals surface area contributed by atoms with E-state index in [0.29, 0.717) is 13.0 Å². The number of rotatable bonds is 5. The summed E-state index contributed by atoms with van der Waals surface area (Å²) in [4.78, 5) is 15.9. The third kappa shape index (κ3) is 4.14. The highest BCUT2D eigenvalue weighted by atomic mass is 19.1. The number of esters is 1. The van der Waals surface area contributed by atoms with Crippen LogP contribution >= 0.6 is 0 Å². The molecule has 0 spiro atoms. The quantitative estimate of drug-likeness (QED) is 0.563. The van der Waals surface area contributed by atoms with Crippen LogP contribution in [0.4, 0.5) is 4.39 Å². The van der Waals surface area contributed by atoms with E-state index in [1.54, 1.807) is 0 Å². The topological polar surface area (TPSA) is 32.8 Å². The molecule has 0 saturated carbocycles. The molecular formula is C14H25FN2O2. The fourth-order valence-electron chi connectivity index (χ4n) is 2.96. The summed E-state index contributed by atoms with van der Waals surface area (Å²) in [5, 5.41) is 0. The van der Waals surface area contributed by atoms with E-state index in [1.165, 1.54) is 0 Å². The number of carbonyl (C=O) groups excluding carboxylic acids is 1. The van der Waals surface area contributed by atoms with Crippen LogP contribution in [0.25, 0.3) is 0 Å². The Morgan fingerprint density at radius 3 is 2.53 bits per heavy atom. The summed E-state index contributed by atoms with van der Waals surface area (Å²) >= 11 is 0. The highest BCUT2D eigenvalue weighted by molar-refractivity contribution is 5.72. The number of ether oxygens (including phenoxy) is 1. The van der Waals surface area contributed by atoms with E-state index in [1.807, 2.05) is 11.8 Å². The van der Waals surface area contributed by atoms with Gasteiger partial charge in [-0.3, -0.25) is 9.69 Å². The van der Waals surface area contributed by atoms with Crippen LogP contribution in [-0.4, -0.2) is 61.4 Å². The molecule has 0 aromatic carbocycles. The fraction of sp³-hybridized carbons (Fsp3) is 0.929. The highest BCUT2D eigenvalue weighted by Crippen LogP contribution is 2.20. The van der Waals surface area contributed by atoms with Crippen molar-refractivity contribution in [3.05, 3.63) is 0 Å². The summed E-state index contributed by atoms with van der Waals surface area (Å²) in [5.74, 6) is 0.0161. The van der Waals surface area contributed by atoms with E-state index in [0.717, 1.165) is 52.0 Å². The van der Waals surface area contributed by atoms with Crippen molar-refractivity contribution in [1.82, 2.24) is 9.80 Å². The Morgan fingerprint density at radius 1 is 1.21 bits per heavy atom. The number of hydrogen-bond donors (Lipinski definition) is 0. The Labute approximate surface area is 114 Å². The van der Waals surface area contributed by atoms with E-state index >= 15 is 0 Å². The van der Waals surface area contributed by atoms with Crippen molar-refractivity contribution in [2.75, 3.05) is 39.3 Å². The molecule has 19 heavy (non-hydrogen) atoms. The largest absolute Gasteiger partial charge is 0.466 e. The fourth-order valence-corrected chi connectivity index (χ4v) is 2.96. The lowest BCUT2D eigenvalue weighted by molar-refractivity contribution is -0.149. The van der Waals surface area contributed by atoms with E-state index in [-0.39, 0.29) is 11.9 Å². The molecule has 1 atom stereocenters. The second kappa shape index (κ2) is 7.20. The number of hydrogen-bond acceptors (Lipinski definition) is 4. The third-order valence-electron chi connectivity index (χ3n) is 4.19. The first-order valence-electron chi connectivity index (χ1n) is 7.48. The van der Waals surface area contributed by atoms with Crippen molar-refractivity contribution in [2.45, 2.75) is 38.9 Å². The van der Waals surface area contributed by atoms with E-state index in [4.69, 9.17) is 4.74 Å². The van der Waals surface area contributed by atoms with Gasteiger partial charge >= 0.3 is 5.97 Å². The van der Waals surface area contributed by atoms with Gasteiger partial charge in [0.15, 0.2) is 6.30 Å². The van der Waals surface area contributed by atoms with Crippen molar-refractivity contribution >= 4 is 5.97 Å². The third-order valence-corrected chi connectivity index (χ3v) is 4.19. The van der Waals surface area contributed by atoms with Gasteiger partial charge in [0.25, 0.3) is 0 Å². The van der Waals surface area contributed by atoms with Gasteiger partial charge in [0.2, 0.25) is 0 Å². The van der Waals surface area contributed by atoms with Crippen LogP contribution in [0.1, 0.15) is 32.6 Å². The molecule has 5 heteroatoms. The van der Waals surface area contributed by atoms with Crippen molar-refractivity contribution in [1.29, 1.82) is 0 Å². The number of carbonyl (C=O) groups is 1. The lowest BCUT2D eigenvalue weighted by Gasteiger charge is -2.32. The molecule has 2 aliphatic rings. The normalized spacial score (nSPS) is 26.7. The Hall–Kier alpha value is -0.680. The molecule has 0 radical (unpaired) electrons. The van der Waals surface area contributed by atoms with Gasteiger partial charge in [0, 0.05) is 19.6 Å². The summed E-state index contributed by atoms with van der Waals surface area (Å²) in [6, 6.07) is 0. The maximum absolute atomic E-state index is 13.4. The van der Waals surface area contributed by atoms with Gasteiger partial charge in [0.05, 0.1) is 12.5 Å². The van der Waals surface area contributed by atoms with Crippen LogP contribution in [0.15, 0.2) is 0 Å². The smallest absolute Gasteiger partial charge is 0.309 e. The van der Waals surface area contributed by atoms with E-state index in [9.17, 15) is 9.18 Å². The second-order valence-corrected chi connectivity index (χ2v) is 5.48. The van der Waals surface area contributed by atoms with Crippen molar-refractivity contribution in [2.24, 2.45) is 5.92 Å². The summed E-state index contributed by atoms with van der Waals surface area (Å²) in [7, 11) is 0. The molecule has 0 aliphatic carbocycles. The van der Waals surface area contributed by atoms with Gasteiger partial charge in [-0.2, -0.15) is 0 Å². The molecule has 0 N–H and O–H groups in total. The van der Waals surface area contributed by atoms with Gasteiger partial charge in [-0.15, -0.1) is 0 Å². The molecule has 2 aliphatic heterocycles. The predicted octanol–water partition coefficient (Wildman–Crippen LogP) is 1.65. The Balaban J connectivity index is 1.64. The molecule has 0 amide bonds. The standard InChI is InChI=1S/C14H25FN2O2/c1-2-19-14(18)12-5-8-16(9-6-12)10-11-17-7-3-4-13(17)15/h12-13H,2-11H2,1H3/t13-/m0/s1. The Morgan fingerprint density at radius 2 is 1.95 bits per heavy atom. The number of piperidine rings is 1. The minimum absolute atomic E-state index is 0.0504. The Kier molecular flexibility index (Phi) is 5.58. The molecule has 2 fully saturated rings.